The first-order chi connectivity index (χ1) is 7.34. The third kappa shape index (κ3) is 1.32. The van der Waals surface area contributed by atoms with Crippen LogP contribution in [0.4, 0.5) is 0 Å². The second-order valence-corrected chi connectivity index (χ2v) is 3.95. The molecule has 1 atom stereocenters. The van der Waals surface area contributed by atoms with Crippen molar-refractivity contribution in [1.29, 1.82) is 0 Å². The predicted octanol–water partition coefficient (Wildman–Crippen LogP) is 2.20. The molecule has 0 saturated heterocycles. The molecule has 15 heavy (non-hydrogen) atoms. The van der Waals surface area contributed by atoms with Crippen LogP contribution >= 0.6 is 0 Å². The summed E-state index contributed by atoms with van der Waals surface area (Å²) in [5.41, 5.74) is 1.94. The number of para-hydroxylation sites is 1. The van der Waals surface area contributed by atoms with E-state index in [0.29, 0.717) is 5.92 Å². The average molecular weight is 196 g/mol. The number of hydrogen-bond donors (Lipinski definition) is 0. The molecule has 0 N–H and O–H groups in total. The van der Waals surface area contributed by atoms with Crippen molar-refractivity contribution in [3.63, 3.8) is 0 Å². The summed E-state index contributed by atoms with van der Waals surface area (Å²) >= 11 is 0. The molecule has 3 rings (SSSR count). The number of rotatable bonds is 0. The van der Waals surface area contributed by atoms with Gasteiger partial charge in [0, 0.05) is 10.6 Å². The zero-order valence-corrected chi connectivity index (χ0v) is 8.60. The van der Waals surface area contributed by atoms with Crippen molar-refractivity contribution in [2.45, 2.75) is 6.92 Å². The highest BCUT2D eigenvalue weighted by molar-refractivity contribution is 5.79. The molecule has 1 heteroatoms. The molecule has 1 unspecified atom stereocenters. The van der Waals surface area contributed by atoms with E-state index in [1.165, 1.54) is 10.6 Å². The Morgan fingerprint density at radius 2 is 2.07 bits per heavy atom. The first-order valence-corrected chi connectivity index (χ1v) is 5.22. The summed E-state index contributed by atoms with van der Waals surface area (Å²) in [6.07, 6.45) is 8.52. The lowest BCUT2D eigenvalue weighted by Gasteiger charge is -1.93. The van der Waals surface area contributed by atoms with Gasteiger partial charge >= 0.3 is 0 Å². The monoisotopic (exact) mass is 196 g/mol. The molecule has 1 heterocycles. The smallest absolute Gasteiger partial charge is 0.135 e. The van der Waals surface area contributed by atoms with E-state index in [2.05, 4.69) is 37.3 Å². The molecule has 0 bridgehead atoms. The van der Waals surface area contributed by atoms with Crippen molar-refractivity contribution in [2.24, 2.45) is 5.92 Å². The normalized spacial score (nSPS) is 19.1. The van der Waals surface area contributed by atoms with E-state index in [-0.39, 0.29) is 0 Å². The number of hydrogen-bond acceptors (Lipinski definition) is 1. The topological polar surface area (TPSA) is 13.1 Å². The molecule has 1 aliphatic carbocycles. The van der Waals surface area contributed by atoms with Crippen LogP contribution in [0.15, 0.2) is 40.8 Å². The van der Waals surface area contributed by atoms with Crippen molar-refractivity contribution in [3.8, 4) is 0 Å². The quantitative estimate of drug-likeness (QED) is 0.629. The zero-order valence-electron chi connectivity index (χ0n) is 8.60. The largest absolute Gasteiger partial charge is 0.456 e. The van der Waals surface area contributed by atoms with Gasteiger partial charge in [-0.25, -0.2) is 0 Å². The molecule has 1 aromatic heterocycles. The SMILES string of the molecule is CC1C=CC=c2oc3ccccc3c2=C1. The minimum absolute atomic E-state index is 0.462. The summed E-state index contributed by atoms with van der Waals surface area (Å²) in [5, 5.41) is 2.43. The molecule has 1 aromatic carbocycles. The van der Waals surface area contributed by atoms with Gasteiger partial charge in [0.05, 0.1) is 0 Å². The molecule has 0 radical (unpaired) electrons. The summed E-state index contributed by atoms with van der Waals surface area (Å²) < 4.78 is 5.78. The lowest BCUT2D eigenvalue weighted by molar-refractivity contribution is 0.575. The van der Waals surface area contributed by atoms with Crippen LogP contribution in [0.2, 0.25) is 0 Å². The lowest BCUT2D eigenvalue weighted by Crippen LogP contribution is -2.19. The molecule has 0 saturated carbocycles. The molecule has 0 spiro atoms. The van der Waals surface area contributed by atoms with E-state index in [0.717, 1.165) is 11.0 Å². The lowest BCUT2D eigenvalue weighted by atomic mass is 10.1. The Kier molecular flexibility index (Phi) is 1.78. The van der Waals surface area contributed by atoms with Gasteiger partial charge in [0.2, 0.25) is 0 Å². The third-order valence-corrected chi connectivity index (χ3v) is 2.75. The summed E-state index contributed by atoms with van der Waals surface area (Å²) in [7, 11) is 0. The molecule has 0 amide bonds. The standard InChI is InChI=1S/C14H12O/c1-10-5-4-8-14-12(9-10)11-6-2-3-7-13(11)15-14/h2-10H,1H3. The van der Waals surface area contributed by atoms with Crippen molar-refractivity contribution in [2.75, 3.05) is 0 Å². The maximum Gasteiger partial charge on any atom is 0.135 e. The van der Waals surface area contributed by atoms with Crippen LogP contribution in [0, 0.1) is 5.92 Å². The highest BCUT2D eigenvalue weighted by Gasteiger charge is 2.04. The number of furan rings is 1. The molecule has 74 valence electrons. The highest BCUT2D eigenvalue weighted by atomic mass is 16.3. The van der Waals surface area contributed by atoms with Crippen LogP contribution in [0.5, 0.6) is 0 Å². The third-order valence-electron chi connectivity index (χ3n) is 2.75. The van der Waals surface area contributed by atoms with Gasteiger partial charge in [-0.3, -0.25) is 0 Å². The van der Waals surface area contributed by atoms with E-state index in [1.807, 2.05) is 18.2 Å². The maximum atomic E-state index is 5.78. The Morgan fingerprint density at radius 1 is 1.20 bits per heavy atom. The molecule has 1 nitrogen and oxygen atoms in total. The number of allylic oxidation sites excluding steroid dienone is 2. The van der Waals surface area contributed by atoms with Crippen LogP contribution in [0.25, 0.3) is 23.1 Å². The zero-order chi connectivity index (χ0) is 10.3. The van der Waals surface area contributed by atoms with Crippen molar-refractivity contribution < 1.29 is 4.42 Å². The van der Waals surface area contributed by atoms with Gasteiger partial charge in [-0.05, 0) is 18.1 Å². The van der Waals surface area contributed by atoms with E-state index in [9.17, 15) is 0 Å². The Hall–Kier alpha value is -1.76. The van der Waals surface area contributed by atoms with Gasteiger partial charge in [0.15, 0.2) is 0 Å². The van der Waals surface area contributed by atoms with Crippen LogP contribution in [0.1, 0.15) is 6.92 Å². The fourth-order valence-corrected chi connectivity index (χ4v) is 2.02. The molecule has 0 fully saturated rings. The van der Waals surface area contributed by atoms with Gasteiger partial charge in [0.25, 0.3) is 0 Å². The Balaban J connectivity index is 2.52. The second kappa shape index (κ2) is 3.13. The van der Waals surface area contributed by atoms with E-state index < -0.39 is 0 Å². The number of fused-ring (bicyclic) bond motifs is 3. The van der Waals surface area contributed by atoms with E-state index in [1.54, 1.807) is 0 Å². The van der Waals surface area contributed by atoms with E-state index >= 15 is 0 Å². The van der Waals surface area contributed by atoms with Crippen LogP contribution < -0.4 is 10.6 Å². The fraction of sp³-hybridized carbons (Fsp3) is 0.143. The molecule has 1 aliphatic rings. The van der Waals surface area contributed by atoms with E-state index in [4.69, 9.17) is 4.42 Å². The minimum atomic E-state index is 0.462. The molecular formula is C14H12O. The van der Waals surface area contributed by atoms with Crippen molar-refractivity contribution in [3.05, 3.63) is 47.1 Å². The van der Waals surface area contributed by atoms with Gasteiger partial charge in [-0.1, -0.05) is 43.4 Å². The first kappa shape index (κ1) is 8.54. The Labute approximate surface area is 88.0 Å². The van der Waals surface area contributed by atoms with Crippen LogP contribution in [-0.2, 0) is 0 Å². The second-order valence-electron chi connectivity index (χ2n) is 3.95. The van der Waals surface area contributed by atoms with Gasteiger partial charge < -0.3 is 4.42 Å². The average Bonchev–Trinajstić information content (AvgIpc) is 2.47. The summed E-state index contributed by atoms with van der Waals surface area (Å²) in [5.74, 6) is 0.462. The summed E-state index contributed by atoms with van der Waals surface area (Å²) in [6.45, 7) is 2.18. The Morgan fingerprint density at radius 3 is 3.00 bits per heavy atom. The summed E-state index contributed by atoms with van der Waals surface area (Å²) in [6, 6.07) is 8.18. The fourth-order valence-electron chi connectivity index (χ4n) is 2.02. The van der Waals surface area contributed by atoms with Crippen molar-refractivity contribution >= 4 is 23.1 Å². The van der Waals surface area contributed by atoms with Gasteiger partial charge in [0.1, 0.15) is 11.0 Å². The summed E-state index contributed by atoms with van der Waals surface area (Å²) in [4.78, 5) is 0. The van der Waals surface area contributed by atoms with Gasteiger partial charge in [-0.15, -0.1) is 0 Å². The van der Waals surface area contributed by atoms with Crippen LogP contribution in [0.3, 0.4) is 0 Å². The highest BCUT2D eigenvalue weighted by Crippen LogP contribution is 2.09. The molecular weight excluding hydrogens is 184 g/mol. The minimum Gasteiger partial charge on any atom is -0.456 e. The number of benzene rings is 1. The first-order valence-electron chi connectivity index (χ1n) is 5.22. The van der Waals surface area contributed by atoms with Crippen LogP contribution in [-0.4, -0.2) is 0 Å². The van der Waals surface area contributed by atoms with Crippen molar-refractivity contribution in [1.82, 2.24) is 0 Å². The maximum absolute atomic E-state index is 5.78. The van der Waals surface area contributed by atoms with Gasteiger partial charge in [-0.2, -0.15) is 0 Å². The molecule has 0 aliphatic heterocycles. The molecule has 2 aromatic rings. The Bertz CT molecular complexity index is 644. The predicted molar refractivity (Wildman–Crippen MR) is 62.7 cm³/mol.